The Balaban J connectivity index is 3.66. The molecule has 0 aliphatic rings. The van der Waals surface area contributed by atoms with Crippen molar-refractivity contribution in [3.63, 3.8) is 0 Å². The molecule has 1 N–H and O–H groups in total. The molecule has 4 nitrogen and oxygen atoms in total. The first-order valence-electron chi connectivity index (χ1n) is 17.7. The molecule has 0 aliphatic heterocycles. The normalized spacial score (nSPS) is 13.4. The van der Waals surface area contributed by atoms with Crippen LogP contribution in [-0.2, 0) is 14.3 Å². The van der Waals surface area contributed by atoms with Crippen molar-refractivity contribution in [2.24, 2.45) is 0 Å². The molecule has 0 heterocycles. The second-order valence-electron chi connectivity index (χ2n) is 11.2. The van der Waals surface area contributed by atoms with E-state index in [1.165, 1.54) is 51.4 Å². The second-order valence-corrected chi connectivity index (χ2v) is 11.2. The summed E-state index contributed by atoms with van der Waals surface area (Å²) in [6.07, 6.45) is 50.5. The highest BCUT2D eigenvalue weighted by atomic mass is 16.6. The zero-order chi connectivity index (χ0) is 32.0. The first-order chi connectivity index (χ1) is 21.7. The summed E-state index contributed by atoms with van der Waals surface area (Å²) in [7, 11) is 0. The van der Waals surface area contributed by atoms with E-state index in [4.69, 9.17) is 9.47 Å². The molecular formula is C40H66O4. The number of rotatable bonds is 31. The van der Waals surface area contributed by atoms with Gasteiger partial charge in [0.2, 0.25) is 0 Å². The molecule has 0 bridgehead atoms. The number of hydrogen-bond acceptors (Lipinski definition) is 4. The largest absolute Gasteiger partial charge is 0.457 e. The third-order valence-corrected chi connectivity index (χ3v) is 6.98. The van der Waals surface area contributed by atoms with E-state index in [-0.39, 0.29) is 19.2 Å². The Hall–Kier alpha value is -2.43. The van der Waals surface area contributed by atoms with Crippen LogP contribution in [0.4, 0.5) is 0 Å². The lowest BCUT2D eigenvalue weighted by atomic mass is 10.1. The summed E-state index contributed by atoms with van der Waals surface area (Å²) in [5.41, 5.74) is 0. The number of ether oxygens (including phenoxy) is 2. The second kappa shape index (κ2) is 36.8. The average molecular weight is 611 g/mol. The predicted molar refractivity (Wildman–Crippen MR) is 191 cm³/mol. The van der Waals surface area contributed by atoms with E-state index >= 15 is 0 Å². The van der Waals surface area contributed by atoms with E-state index in [1.807, 2.05) is 0 Å². The van der Waals surface area contributed by atoms with Crippen LogP contribution in [-0.4, -0.2) is 37.0 Å². The van der Waals surface area contributed by atoms with Crippen LogP contribution in [0.3, 0.4) is 0 Å². The maximum Gasteiger partial charge on any atom is 0.306 e. The molecule has 0 aromatic carbocycles. The Labute approximate surface area is 271 Å². The summed E-state index contributed by atoms with van der Waals surface area (Å²) < 4.78 is 11.0. The maximum atomic E-state index is 12.1. The third-order valence-electron chi connectivity index (χ3n) is 6.98. The van der Waals surface area contributed by atoms with Crippen LogP contribution in [0.5, 0.6) is 0 Å². The standard InChI is InChI=1S/C40H66O4/c1-3-5-7-9-11-13-14-15-16-17-18-19-20-21-22-23-24-25-26-27-29-31-33-35-40(42)44-39(37-41)38-43-36-34-32-30-28-12-10-8-6-4-2/h5,7,11,13,15-16,18-19,21-22,24-25,27,29,39,41H,3-4,6,8-10,12,14,17,20,23,26,28,30-38H2,1-2H3/b7-5-,13-11-,16-15-,19-18-,22-21-,25-24-,29-27-. The van der Waals surface area contributed by atoms with Gasteiger partial charge in [-0.2, -0.15) is 0 Å². The summed E-state index contributed by atoms with van der Waals surface area (Å²) >= 11 is 0. The molecule has 0 spiro atoms. The van der Waals surface area contributed by atoms with Crippen LogP contribution in [0.2, 0.25) is 0 Å². The maximum absolute atomic E-state index is 12.1. The van der Waals surface area contributed by atoms with E-state index in [9.17, 15) is 9.90 Å². The van der Waals surface area contributed by atoms with Crippen molar-refractivity contribution in [1.82, 2.24) is 0 Å². The molecule has 1 atom stereocenters. The number of allylic oxidation sites excluding steroid dienone is 14. The van der Waals surface area contributed by atoms with Gasteiger partial charge in [0.1, 0.15) is 6.10 Å². The van der Waals surface area contributed by atoms with Gasteiger partial charge in [-0.05, 0) is 64.2 Å². The molecule has 4 heteroatoms. The van der Waals surface area contributed by atoms with Crippen molar-refractivity contribution in [3.8, 4) is 0 Å². The van der Waals surface area contributed by atoms with Crippen molar-refractivity contribution in [2.45, 2.75) is 142 Å². The van der Waals surface area contributed by atoms with Gasteiger partial charge in [-0.25, -0.2) is 0 Å². The molecule has 0 saturated carbocycles. The lowest BCUT2D eigenvalue weighted by Gasteiger charge is -2.15. The number of unbranched alkanes of at least 4 members (excludes halogenated alkanes) is 9. The number of hydrogen-bond donors (Lipinski definition) is 1. The van der Waals surface area contributed by atoms with Crippen LogP contribution in [0, 0.1) is 0 Å². The molecule has 0 aliphatic carbocycles. The van der Waals surface area contributed by atoms with E-state index < -0.39 is 6.10 Å². The number of aliphatic hydroxyl groups excluding tert-OH is 1. The Bertz CT molecular complexity index is 815. The summed E-state index contributed by atoms with van der Waals surface area (Å²) in [4.78, 5) is 12.1. The molecule has 0 radical (unpaired) electrons. The van der Waals surface area contributed by atoms with Crippen molar-refractivity contribution in [3.05, 3.63) is 85.1 Å². The molecule has 0 rings (SSSR count). The van der Waals surface area contributed by atoms with E-state index in [0.717, 1.165) is 64.2 Å². The average Bonchev–Trinajstić information content (AvgIpc) is 3.03. The van der Waals surface area contributed by atoms with Crippen molar-refractivity contribution in [2.75, 3.05) is 19.8 Å². The van der Waals surface area contributed by atoms with Gasteiger partial charge < -0.3 is 14.6 Å². The highest BCUT2D eigenvalue weighted by molar-refractivity contribution is 5.69. The van der Waals surface area contributed by atoms with Gasteiger partial charge in [0.25, 0.3) is 0 Å². The number of aliphatic hydroxyl groups is 1. The predicted octanol–water partition coefficient (Wildman–Crippen LogP) is 11.3. The highest BCUT2D eigenvalue weighted by Gasteiger charge is 2.13. The molecule has 0 fully saturated rings. The minimum atomic E-state index is -0.565. The van der Waals surface area contributed by atoms with Gasteiger partial charge in [-0.3, -0.25) is 4.79 Å². The van der Waals surface area contributed by atoms with Gasteiger partial charge in [0, 0.05) is 13.0 Å². The Morgan fingerprint density at radius 3 is 1.45 bits per heavy atom. The van der Waals surface area contributed by atoms with Crippen LogP contribution >= 0.6 is 0 Å². The van der Waals surface area contributed by atoms with Gasteiger partial charge in [-0.15, -0.1) is 0 Å². The van der Waals surface area contributed by atoms with Crippen LogP contribution in [0.15, 0.2) is 85.1 Å². The SMILES string of the molecule is CC/C=C\C/C=C\C/C=C\C/C=C\C/C=C\C/C=C\C/C=C\CCCC(=O)OC(CO)COCCCCCCCCCCC. The number of carbonyl (C=O) groups is 1. The Morgan fingerprint density at radius 1 is 0.568 bits per heavy atom. The molecule has 0 amide bonds. The van der Waals surface area contributed by atoms with Crippen molar-refractivity contribution in [1.29, 1.82) is 0 Å². The molecule has 250 valence electrons. The summed E-state index contributed by atoms with van der Waals surface area (Å²) in [6.45, 7) is 5.13. The molecule has 1 unspecified atom stereocenters. The van der Waals surface area contributed by atoms with Crippen LogP contribution in [0.1, 0.15) is 136 Å². The lowest BCUT2D eigenvalue weighted by molar-refractivity contribution is -0.154. The molecule has 0 saturated heterocycles. The fraction of sp³-hybridized carbons (Fsp3) is 0.625. The third kappa shape index (κ3) is 34.1. The fourth-order valence-electron chi connectivity index (χ4n) is 4.37. The van der Waals surface area contributed by atoms with E-state index in [1.54, 1.807) is 0 Å². The number of carbonyl (C=O) groups excluding carboxylic acids is 1. The molecule has 0 aromatic rings. The first-order valence-corrected chi connectivity index (χ1v) is 17.7. The molecule has 0 aromatic heterocycles. The Morgan fingerprint density at radius 2 is 1.00 bits per heavy atom. The number of esters is 1. The quantitative estimate of drug-likeness (QED) is 0.0482. The van der Waals surface area contributed by atoms with Gasteiger partial charge in [0.05, 0.1) is 13.2 Å². The van der Waals surface area contributed by atoms with Crippen LogP contribution < -0.4 is 0 Å². The zero-order valence-electron chi connectivity index (χ0n) is 28.4. The van der Waals surface area contributed by atoms with Gasteiger partial charge in [0.15, 0.2) is 0 Å². The van der Waals surface area contributed by atoms with Crippen molar-refractivity contribution >= 4 is 5.97 Å². The van der Waals surface area contributed by atoms with Gasteiger partial charge >= 0.3 is 5.97 Å². The van der Waals surface area contributed by atoms with Gasteiger partial charge in [-0.1, -0.05) is 150 Å². The monoisotopic (exact) mass is 610 g/mol. The van der Waals surface area contributed by atoms with E-state index in [0.29, 0.717) is 13.0 Å². The summed E-state index contributed by atoms with van der Waals surface area (Å²) in [5, 5.41) is 9.51. The molecular weight excluding hydrogens is 544 g/mol. The zero-order valence-corrected chi connectivity index (χ0v) is 28.4. The fourth-order valence-corrected chi connectivity index (χ4v) is 4.37. The van der Waals surface area contributed by atoms with Crippen LogP contribution in [0.25, 0.3) is 0 Å². The van der Waals surface area contributed by atoms with E-state index in [2.05, 4.69) is 98.9 Å². The smallest absolute Gasteiger partial charge is 0.306 e. The summed E-state index contributed by atoms with van der Waals surface area (Å²) in [6, 6.07) is 0. The van der Waals surface area contributed by atoms with Crippen molar-refractivity contribution < 1.29 is 19.4 Å². The minimum absolute atomic E-state index is 0.199. The molecule has 44 heavy (non-hydrogen) atoms. The minimum Gasteiger partial charge on any atom is -0.457 e. The lowest BCUT2D eigenvalue weighted by Crippen LogP contribution is -2.27. The first kappa shape index (κ1) is 41.6. The summed E-state index contributed by atoms with van der Waals surface area (Å²) in [5.74, 6) is -0.263. The Kier molecular flexibility index (Phi) is 34.7. The highest BCUT2D eigenvalue weighted by Crippen LogP contribution is 2.10. The topological polar surface area (TPSA) is 55.8 Å².